The van der Waals surface area contributed by atoms with Gasteiger partial charge in [-0.3, -0.25) is 9.59 Å². The van der Waals surface area contributed by atoms with Gasteiger partial charge in [0.1, 0.15) is 0 Å². The van der Waals surface area contributed by atoms with Crippen LogP contribution in [0.3, 0.4) is 0 Å². The Labute approximate surface area is 132 Å². The molecule has 0 spiro atoms. The Morgan fingerprint density at radius 1 is 1.23 bits per heavy atom. The molecule has 5 nitrogen and oxygen atoms in total. The van der Waals surface area contributed by atoms with Crippen LogP contribution >= 0.6 is 0 Å². The minimum atomic E-state index is -0.0642. The number of hydrogen-bond donors (Lipinski definition) is 1. The van der Waals surface area contributed by atoms with Gasteiger partial charge in [0.25, 0.3) is 11.8 Å². The lowest BCUT2D eigenvalue weighted by Crippen LogP contribution is -2.49. The molecule has 0 aliphatic carbocycles. The Hall–Kier alpha value is -1.88. The molecule has 2 amide bonds. The molecule has 0 radical (unpaired) electrons. The average molecular weight is 303 g/mol. The van der Waals surface area contributed by atoms with Crippen LogP contribution < -0.4 is 5.73 Å². The van der Waals surface area contributed by atoms with Gasteiger partial charge in [0.2, 0.25) is 0 Å². The van der Waals surface area contributed by atoms with Gasteiger partial charge in [-0.1, -0.05) is 6.92 Å². The Kier molecular flexibility index (Phi) is 5.19. The van der Waals surface area contributed by atoms with Crippen LogP contribution in [0.2, 0.25) is 0 Å². The van der Waals surface area contributed by atoms with Crippen molar-refractivity contribution in [3.05, 3.63) is 35.4 Å². The summed E-state index contributed by atoms with van der Waals surface area (Å²) in [6.45, 7) is 3.44. The Bertz CT molecular complexity index is 539. The summed E-state index contributed by atoms with van der Waals surface area (Å²) in [5.41, 5.74) is 7.03. The zero-order valence-electron chi connectivity index (χ0n) is 13.6. The lowest BCUT2D eigenvalue weighted by atomic mass is 9.92. The predicted molar refractivity (Wildman–Crippen MR) is 86.7 cm³/mol. The van der Waals surface area contributed by atoms with Crippen LogP contribution in [-0.2, 0) is 0 Å². The quantitative estimate of drug-likeness (QED) is 0.922. The Morgan fingerprint density at radius 2 is 1.82 bits per heavy atom. The van der Waals surface area contributed by atoms with Crippen LogP contribution in [0.5, 0.6) is 0 Å². The molecule has 1 aliphatic rings. The molecule has 1 saturated heterocycles. The van der Waals surface area contributed by atoms with E-state index in [9.17, 15) is 9.59 Å². The summed E-state index contributed by atoms with van der Waals surface area (Å²) in [6, 6.07) is 6.98. The number of carbonyl (C=O) groups is 2. The minimum Gasteiger partial charge on any atom is -0.345 e. The van der Waals surface area contributed by atoms with E-state index in [4.69, 9.17) is 5.73 Å². The third-order valence-corrected chi connectivity index (χ3v) is 4.30. The summed E-state index contributed by atoms with van der Waals surface area (Å²) in [4.78, 5) is 27.9. The van der Waals surface area contributed by atoms with E-state index in [0.29, 0.717) is 23.6 Å². The Morgan fingerprint density at radius 3 is 2.36 bits per heavy atom. The van der Waals surface area contributed by atoms with Crippen molar-refractivity contribution >= 4 is 11.8 Å². The first-order valence-electron chi connectivity index (χ1n) is 7.76. The molecular formula is C17H25N3O2. The van der Waals surface area contributed by atoms with Crippen molar-refractivity contribution in [2.24, 2.45) is 11.7 Å². The molecule has 2 atom stereocenters. The van der Waals surface area contributed by atoms with Crippen molar-refractivity contribution < 1.29 is 9.59 Å². The SMILES string of the molecule is CC1CCN(C(=O)c2ccc(C(=O)N(C)C)cc2)C(CN)C1. The first-order chi connectivity index (χ1) is 10.4. The van der Waals surface area contributed by atoms with Crippen molar-refractivity contribution in [2.75, 3.05) is 27.2 Å². The highest BCUT2D eigenvalue weighted by molar-refractivity contribution is 5.97. The number of nitrogens with zero attached hydrogens (tertiary/aromatic N) is 2. The summed E-state index contributed by atoms with van der Waals surface area (Å²) < 4.78 is 0. The number of benzene rings is 1. The fourth-order valence-corrected chi connectivity index (χ4v) is 2.92. The molecule has 22 heavy (non-hydrogen) atoms. The van der Waals surface area contributed by atoms with Crippen molar-refractivity contribution in [3.8, 4) is 0 Å². The van der Waals surface area contributed by atoms with Crippen molar-refractivity contribution in [2.45, 2.75) is 25.8 Å². The van der Waals surface area contributed by atoms with E-state index in [1.807, 2.05) is 4.90 Å². The standard InChI is InChI=1S/C17H25N3O2/c1-12-8-9-20(15(10-12)11-18)17(22)14-6-4-13(5-7-14)16(21)19(2)3/h4-7,12,15H,8-11,18H2,1-3H3. The van der Waals surface area contributed by atoms with E-state index in [2.05, 4.69) is 6.92 Å². The molecule has 5 heteroatoms. The van der Waals surface area contributed by atoms with Crippen LogP contribution in [0.4, 0.5) is 0 Å². The van der Waals surface area contributed by atoms with E-state index in [1.165, 1.54) is 4.90 Å². The molecule has 2 N–H and O–H groups in total. The predicted octanol–water partition coefficient (Wildman–Crippen LogP) is 1.59. The summed E-state index contributed by atoms with van der Waals surface area (Å²) in [5, 5.41) is 0. The molecule has 2 unspecified atom stereocenters. The highest BCUT2D eigenvalue weighted by Gasteiger charge is 2.29. The molecule has 0 bridgehead atoms. The second kappa shape index (κ2) is 6.92. The van der Waals surface area contributed by atoms with E-state index in [-0.39, 0.29) is 17.9 Å². The number of nitrogens with two attached hydrogens (primary N) is 1. The molecular weight excluding hydrogens is 278 g/mol. The molecule has 0 saturated carbocycles. The summed E-state index contributed by atoms with van der Waals surface area (Å²) >= 11 is 0. The van der Waals surface area contributed by atoms with Crippen LogP contribution in [-0.4, -0.2) is 54.8 Å². The largest absolute Gasteiger partial charge is 0.345 e. The highest BCUT2D eigenvalue weighted by atomic mass is 16.2. The lowest BCUT2D eigenvalue weighted by Gasteiger charge is -2.38. The van der Waals surface area contributed by atoms with Crippen molar-refractivity contribution in [1.82, 2.24) is 9.80 Å². The molecule has 2 rings (SSSR count). The number of hydrogen-bond acceptors (Lipinski definition) is 3. The van der Waals surface area contributed by atoms with E-state index < -0.39 is 0 Å². The van der Waals surface area contributed by atoms with Crippen LogP contribution in [0, 0.1) is 5.92 Å². The maximum absolute atomic E-state index is 12.7. The molecule has 120 valence electrons. The van der Waals surface area contributed by atoms with Gasteiger partial charge >= 0.3 is 0 Å². The molecule has 1 aromatic carbocycles. The number of amides is 2. The topological polar surface area (TPSA) is 66.6 Å². The van der Waals surface area contributed by atoms with Crippen molar-refractivity contribution in [1.29, 1.82) is 0 Å². The summed E-state index contributed by atoms with van der Waals surface area (Å²) in [6.07, 6.45) is 1.97. The molecule has 1 aromatic rings. The molecule has 0 aromatic heterocycles. The third kappa shape index (κ3) is 3.47. The molecule has 1 fully saturated rings. The maximum Gasteiger partial charge on any atom is 0.254 e. The Balaban J connectivity index is 2.14. The number of piperidine rings is 1. The van der Waals surface area contributed by atoms with Gasteiger partial charge in [-0.25, -0.2) is 0 Å². The highest BCUT2D eigenvalue weighted by Crippen LogP contribution is 2.23. The second-order valence-electron chi connectivity index (χ2n) is 6.29. The zero-order valence-corrected chi connectivity index (χ0v) is 13.6. The van der Waals surface area contributed by atoms with Crippen LogP contribution in [0.15, 0.2) is 24.3 Å². The fraction of sp³-hybridized carbons (Fsp3) is 0.529. The number of rotatable bonds is 3. The zero-order chi connectivity index (χ0) is 16.3. The van der Waals surface area contributed by atoms with Gasteiger partial charge in [0.15, 0.2) is 0 Å². The van der Waals surface area contributed by atoms with Crippen LogP contribution in [0.1, 0.15) is 40.5 Å². The first-order valence-corrected chi connectivity index (χ1v) is 7.76. The molecule has 1 aliphatic heterocycles. The lowest BCUT2D eigenvalue weighted by molar-refractivity contribution is 0.0573. The fourth-order valence-electron chi connectivity index (χ4n) is 2.92. The smallest absolute Gasteiger partial charge is 0.254 e. The van der Waals surface area contributed by atoms with Crippen molar-refractivity contribution in [3.63, 3.8) is 0 Å². The van der Waals surface area contributed by atoms with Gasteiger partial charge < -0.3 is 15.5 Å². The monoisotopic (exact) mass is 303 g/mol. The maximum atomic E-state index is 12.7. The number of carbonyl (C=O) groups excluding carboxylic acids is 2. The first kappa shape index (κ1) is 16.5. The number of likely N-dealkylation sites (tertiary alicyclic amines) is 1. The van der Waals surface area contributed by atoms with E-state index in [1.54, 1.807) is 38.4 Å². The minimum absolute atomic E-state index is 0.00574. The second-order valence-corrected chi connectivity index (χ2v) is 6.29. The van der Waals surface area contributed by atoms with E-state index in [0.717, 1.165) is 19.4 Å². The van der Waals surface area contributed by atoms with Gasteiger partial charge in [-0.2, -0.15) is 0 Å². The van der Waals surface area contributed by atoms with Gasteiger partial charge in [0, 0.05) is 44.4 Å². The van der Waals surface area contributed by atoms with E-state index >= 15 is 0 Å². The summed E-state index contributed by atoms with van der Waals surface area (Å²) in [7, 11) is 3.42. The third-order valence-electron chi connectivity index (χ3n) is 4.30. The normalized spacial score (nSPS) is 21.5. The average Bonchev–Trinajstić information content (AvgIpc) is 2.53. The summed E-state index contributed by atoms with van der Waals surface area (Å²) in [5.74, 6) is 0.550. The molecule has 1 heterocycles. The van der Waals surface area contributed by atoms with Gasteiger partial charge in [-0.05, 0) is 43.0 Å². The van der Waals surface area contributed by atoms with Gasteiger partial charge in [0.05, 0.1) is 0 Å². The van der Waals surface area contributed by atoms with Gasteiger partial charge in [-0.15, -0.1) is 0 Å². The van der Waals surface area contributed by atoms with Crippen LogP contribution in [0.25, 0.3) is 0 Å².